The van der Waals surface area contributed by atoms with Gasteiger partial charge in [0.15, 0.2) is 0 Å². The van der Waals surface area contributed by atoms with Crippen molar-refractivity contribution in [3.05, 3.63) is 42.4 Å². The van der Waals surface area contributed by atoms with Crippen molar-refractivity contribution in [1.82, 2.24) is 9.55 Å². The highest BCUT2D eigenvalue weighted by atomic mass is 15.1. The topological polar surface area (TPSA) is 43.8 Å². The van der Waals surface area contributed by atoms with E-state index in [-0.39, 0.29) is 6.04 Å². The maximum absolute atomic E-state index is 6.29. The summed E-state index contributed by atoms with van der Waals surface area (Å²) in [6, 6.07) is 9.27. The highest BCUT2D eigenvalue weighted by Gasteiger charge is 2.24. The lowest BCUT2D eigenvalue weighted by Crippen LogP contribution is -2.35. The van der Waals surface area contributed by atoms with Crippen LogP contribution in [-0.2, 0) is 0 Å². The maximum Gasteiger partial charge on any atom is 0.0954 e. The standard InChI is InChI=1S/C16H21N3/c1-12-6-8-13(9-7-12)16-10-18-11-19(16)15-5-3-2-4-14(15)17/h6-11,14-15H,2-5,17H2,1H3. The van der Waals surface area contributed by atoms with Crippen LogP contribution < -0.4 is 5.73 Å². The molecule has 0 radical (unpaired) electrons. The zero-order valence-electron chi connectivity index (χ0n) is 11.4. The van der Waals surface area contributed by atoms with E-state index >= 15 is 0 Å². The van der Waals surface area contributed by atoms with Crippen molar-refractivity contribution in [1.29, 1.82) is 0 Å². The zero-order valence-corrected chi connectivity index (χ0v) is 11.4. The number of aryl methyl sites for hydroxylation is 1. The van der Waals surface area contributed by atoms with Crippen LogP contribution in [0.1, 0.15) is 37.3 Å². The van der Waals surface area contributed by atoms with E-state index in [1.165, 1.54) is 29.7 Å². The van der Waals surface area contributed by atoms with Gasteiger partial charge in [0.25, 0.3) is 0 Å². The fraction of sp³-hybridized carbons (Fsp3) is 0.438. The molecule has 2 aromatic rings. The largest absolute Gasteiger partial charge is 0.326 e. The molecule has 1 aromatic heterocycles. The smallest absolute Gasteiger partial charge is 0.0954 e. The second kappa shape index (κ2) is 5.17. The van der Waals surface area contributed by atoms with E-state index in [9.17, 15) is 0 Å². The molecule has 1 aliphatic carbocycles. The minimum atomic E-state index is 0.257. The van der Waals surface area contributed by atoms with Gasteiger partial charge in [0, 0.05) is 6.04 Å². The summed E-state index contributed by atoms with van der Waals surface area (Å²) in [4.78, 5) is 4.34. The summed E-state index contributed by atoms with van der Waals surface area (Å²) in [5.74, 6) is 0. The Morgan fingerprint density at radius 1 is 1.16 bits per heavy atom. The Labute approximate surface area is 114 Å². The lowest BCUT2D eigenvalue weighted by atomic mass is 9.90. The third-order valence-corrected chi connectivity index (χ3v) is 4.15. The first-order valence-electron chi connectivity index (χ1n) is 7.10. The molecule has 19 heavy (non-hydrogen) atoms. The van der Waals surface area contributed by atoms with Crippen LogP contribution >= 0.6 is 0 Å². The van der Waals surface area contributed by atoms with Gasteiger partial charge in [-0.2, -0.15) is 0 Å². The zero-order chi connectivity index (χ0) is 13.2. The lowest BCUT2D eigenvalue weighted by molar-refractivity contribution is 0.308. The van der Waals surface area contributed by atoms with Crippen molar-refractivity contribution in [3.63, 3.8) is 0 Å². The molecule has 2 N–H and O–H groups in total. The summed E-state index contributed by atoms with van der Waals surface area (Å²) < 4.78 is 2.27. The number of hydrogen-bond donors (Lipinski definition) is 1. The van der Waals surface area contributed by atoms with E-state index in [1.54, 1.807) is 0 Å². The number of hydrogen-bond acceptors (Lipinski definition) is 2. The molecule has 1 heterocycles. The van der Waals surface area contributed by atoms with Crippen molar-refractivity contribution in [3.8, 4) is 11.3 Å². The van der Waals surface area contributed by atoms with E-state index in [0.717, 1.165) is 12.8 Å². The fourth-order valence-electron chi connectivity index (χ4n) is 3.00. The predicted octanol–water partition coefficient (Wildman–Crippen LogP) is 3.30. The van der Waals surface area contributed by atoms with Crippen molar-refractivity contribution in [2.45, 2.75) is 44.7 Å². The minimum absolute atomic E-state index is 0.257. The van der Waals surface area contributed by atoms with Gasteiger partial charge in [0.1, 0.15) is 0 Å². The summed E-state index contributed by atoms with van der Waals surface area (Å²) in [7, 11) is 0. The Hall–Kier alpha value is -1.61. The molecule has 3 rings (SSSR count). The van der Waals surface area contributed by atoms with Crippen LogP contribution in [0, 0.1) is 6.92 Å². The van der Waals surface area contributed by atoms with Gasteiger partial charge >= 0.3 is 0 Å². The van der Waals surface area contributed by atoms with Gasteiger partial charge in [-0.3, -0.25) is 0 Å². The molecule has 0 aliphatic heterocycles. The Kier molecular flexibility index (Phi) is 3.38. The Morgan fingerprint density at radius 3 is 2.63 bits per heavy atom. The van der Waals surface area contributed by atoms with Crippen LogP contribution in [0.2, 0.25) is 0 Å². The van der Waals surface area contributed by atoms with E-state index < -0.39 is 0 Å². The maximum atomic E-state index is 6.29. The fourth-order valence-corrected chi connectivity index (χ4v) is 3.00. The van der Waals surface area contributed by atoms with Gasteiger partial charge in [0.2, 0.25) is 0 Å². The summed E-state index contributed by atoms with van der Waals surface area (Å²) in [6.45, 7) is 2.11. The first-order valence-corrected chi connectivity index (χ1v) is 7.10. The Bertz CT molecular complexity index is 541. The van der Waals surface area contributed by atoms with Gasteiger partial charge in [0.05, 0.1) is 24.3 Å². The normalized spacial score (nSPS) is 23.5. The molecule has 1 fully saturated rings. The average molecular weight is 255 g/mol. The van der Waals surface area contributed by atoms with Gasteiger partial charge < -0.3 is 10.3 Å². The number of imidazole rings is 1. The molecular weight excluding hydrogens is 234 g/mol. The molecule has 0 spiro atoms. The lowest BCUT2D eigenvalue weighted by Gasteiger charge is -2.30. The Balaban J connectivity index is 1.95. The Morgan fingerprint density at radius 2 is 1.89 bits per heavy atom. The van der Waals surface area contributed by atoms with E-state index in [2.05, 4.69) is 40.7 Å². The summed E-state index contributed by atoms with van der Waals surface area (Å²) >= 11 is 0. The molecule has 1 saturated carbocycles. The molecular formula is C16H21N3. The monoisotopic (exact) mass is 255 g/mol. The van der Waals surface area contributed by atoms with Gasteiger partial charge in [-0.15, -0.1) is 0 Å². The van der Waals surface area contributed by atoms with Gasteiger partial charge in [-0.1, -0.05) is 42.7 Å². The second-order valence-corrected chi connectivity index (χ2v) is 5.57. The predicted molar refractivity (Wildman–Crippen MR) is 77.9 cm³/mol. The molecule has 0 bridgehead atoms. The van der Waals surface area contributed by atoms with Crippen LogP contribution in [0.25, 0.3) is 11.3 Å². The van der Waals surface area contributed by atoms with E-state index in [4.69, 9.17) is 5.73 Å². The SMILES string of the molecule is Cc1ccc(-c2cncn2C2CCCCC2N)cc1. The molecule has 100 valence electrons. The molecule has 2 atom stereocenters. The molecule has 1 aliphatic rings. The summed E-state index contributed by atoms with van der Waals surface area (Å²) in [6.07, 6.45) is 8.69. The molecule has 3 heteroatoms. The molecule has 0 saturated heterocycles. The number of nitrogens with two attached hydrogens (primary N) is 1. The molecule has 1 aromatic carbocycles. The highest BCUT2D eigenvalue weighted by Crippen LogP contribution is 2.31. The summed E-state index contributed by atoms with van der Waals surface area (Å²) in [5.41, 5.74) is 9.98. The molecule has 0 amide bonds. The quantitative estimate of drug-likeness (QED) is 0.894. The van der Waals surface area contributed by atoms with Crippen LogP contribution in [0.4, 0.5) is 0 Å². The van der Waals surface area contributed by atoms with Crippen molar-refractivity contribution >= 4 is 0 Å². The van der Waals surface area contributed by atoms with Crippen molar-refractivity contribution < 1.29 is 0 Å². The number of rotatable bonds is 2. The first kappa shape index (κ1) is 12.4. The van der Waals surface area contributed by atoms with Gasteiger partial charge in [-0.05, 0) is 25.3 Å². The summed E-state index contributed by atoms with van der Waals surface area (Å²) in [5, 5.41) is 0. The van der Waals surface area contributed by atoms with E-state index in [0.29, 0.717) is 6.04 Å². The van der Waals surface area contributed by atoms with Crippen molar-refractivity contribution in [2.75, 3.05) is 0 Å². The van der Waals surface area contributed by atoms with Crippen LogP contribution in [0.3, 0.4) is 0 Å². The third kappa shape index (κ3) is 2.43. The van der Waals surface area contributed by atoms with Crippen LogP contribution in [-0.4, -0.2) is 15.6 Å². The van der Waals surface area contributed by atoms with Crippen LogP contribution in [0.5, 0.6) is 0 Å². The minimum Gasteiger partial charge on any atom is -0.326 e. The van der Waals surface area contributed by atoms with E-state index in [1.807, 2.05) is 12.5 Å². The first-order chi connectivity index (χ1) is 9.25. The van der Waals surface area contributed by atoms with Crippen LogP contribution in [0.15, 0.2) is 36.8 Å². The molecule has 2 unspecified atom stereocenters. The number of benzene rings is 1. The third-order valence-electron chi connectivity index (χ3n) is 4.15. The highest BCUT2D eigenvalue weighted by molar-refractivity contribution is 5.59. The van der Waals surface area contributed by atoms with Gasteiger partial charge in [-0.25, -0.2) is 4.98 Å². The molecule has 3 nitrogen and oxygen atoms in total. The number of aromatic nitrogens is 2. The second-order valence-electron chi connectivity index (χ2n) is 5.57. The van der Waals surface area contributed by atoms with Crippen molar-refractivity contribution in [2.24, 2.45) is 5.73 Å². The average Bonchev–Trinajstić information content (AvgIpc) is 2.89. The number of nitrogens with zero attached hydrogens (tertiary/aromatic N) is 2.